The van der Waals surface area contributed by atoms with Crippen LogP contribution < -0.4 is 10.6 Å². The van der Waals surface area contributed by atoms with Crippen molar-refractivity contribution < 1.29 is 39.2 Å². The van der Waals surface area contributed by atoms with E-state index in [0.717, 1.165) is 32.1 Å². The highest BCUT2D eigenvalue weighted by Gasteiger charge is 2.31. The SMILES string of the molecule is CO[C@H]1/C=C/C=C/C=C/C[C@H](OC(=O)[C@@H](C)NC(=O)C2CCCCC2)[C@H](C)[C@@H](O)/C(C)=C\CCc2cc(O)cc(c2O)NC(=O)C1. The lowest BCUT2D eigenvalue weighted by atomic mass is 9.88. The Kier molecular flexibility index (Phi) is 14.6. The summed E-state index contributed by atoms with van der Waals surface area (Å²) in [6.45, 7) is 5.22. The zero-order valence-corrected chi connectivity index (χ0v) is 27.4. The molecule has 1 heterocycles. The van der Waals surface area contributed by atoms with Gasteiger partial charge in [-0.15, -0.1) is 0 Å². The number of allylic oxidation sites excluding steroid dienone is 5. The van der Waals surface area contributed by atoms with Crippen LogP contribution in [0.5, 0.6) is 11.5 Å². The first-order valence-electron chi connectivity index (χ1n) is 16.2. The molecule has 252 valence electrons. The highest BCUT2D eigenvalue weighted by molar-refractivity contribution is 5.93. The number of amides is 2. The molecular weight excluding hydrogens is 588 g/mol. The van der Waals surface area contributed by atoms with Crippen molar-refractivity contribution in [1.82, 2.24) is 5.32 Å². The molecular formula is C36H50N2O8. The zero-order valence-electron chi connectivity index (χ0n) is 27.4. The van der Waals surface area contributed by atoms with Gasteiger partial charge < -0.3 is 35.4 Å². The van der Waals surface area contributed by atoms with Crippen LogP contribution in [0.2, 0.25) is 0 Å². The molecule has 10 nitrogen and oxygen atoms in total. The number of aliphatic hydroxyl groups is 1. The van der Waals surface area contributed by atoms with Crippen LogP contribution in [-0.4, -0.2) is 64.6 Å². The number of phenols is 2. The third-order valence-electron chi connectivity index (χ3n) is 8.69. The third-order valence-corrected chi connectivity index (χ3v) is 8.69. The molecule has 10 heteroatoms. The number of methoxy groups -OCH3 is 1. The van der Waals surface area contributed by atoms with E-state index in [1.807, 2.05) is 19.1 Å². The molecule has 0 radical (unpaired) electrons. The summed E-state index contributed by atoms with van der Waals surface area (Å²) in [6.07, 6.45) is 16.2. The molecule has 1 fully saturated rings. The van der Waals surface area contributed by atoms with Gasteiger partial charge in [-0.3, -0.25) is 9.59 Å². The minimum atomic E-state index is -0.940. The van der Waals surface area contributed by atoms with Gasteiger partial charge >= 0.3 is 5.97 Å². The topological polar surface area (TPSA) is 154 Å². The highest BCUT2D eigenvalue weighted by Crippen LogP contribution is 2.34. The van der Waals surface area contributed by atoms with Gasteiger partial charge in [0, 0.05) is 31.4 Å². The molecule has 5 N–H and O–H groups in total. The third kappa shape index (κ3) is 11.2. The van der Waals surface area contributed by atoms with Crippen molar-refractivity contribution >= 4 is 23.5 Å². The van der Waals surface area contributed by atoms with E-state index in [2.05, 4.69) is 10.6 Å². The number of aliphatic hydroxyl groups excluding tert-OH is 1. The van der Waals surface area contributed by atoms with E-state index in [4.69, 9.17) is 9.47 Å². The number of phenolic OH excluding ortho intramolecular Hbond substituents is 2. The molecule has 1 aliphatic carbocycles. The number of nitrogens with one attached hydrogen (secondary N) is 2. The van der Waals surface area contributed by atoms with E-state index in [1.165, 1.54) is 19.2 Å². The van der Waals surface area contributed by atoms with Gasteiger partial charge in [-0.25, -0.2) is 4.79 Å². The van der Waals surface area contributed by atoms with Crippen molar-refractivity contribution in [2.45, 2.75) is 103 Å². The number of ether oxygens (including phenoxy) is 2. The minimum absolute atomic E-state index is 0.00853. The van der Waals surface area contributed by atoms with E-state index in [9.17, 15) is 29.7 Å². The van der Waals surface area contributed by atoms with Gasteiger partial charge in [-0.1, -0.05) is 68.7 Å². The molecule has 1 saturated carbocycles. The molecule has 2 bridgehead atoms. The Bertz CT molecular complexity index is 1310. The summed E-state index contributed by atoms with van der Waals surface area (Å²) in [5.74, 6) is -1.90. The first kappa shape index (κ1) is 36.6. The molecule has 2 amide bonds. The van der Waals surface area contributed by atoms with E-state index >= 15 is 0 Å². The van der Waals surface area contributed by atoms with Crippen molar-refractivity contribution in [3.05, 3.63) is 65.8 Å². The maximum atomic E-state index is 13.1. The van der Waals surface area contributed by atoms with E-state index in [-0.39, 0.29) is 35.4 Å². The number of aromatic hydroxyl groups is 2. The lowest BCUT2D eigenvalue weighted by molar-refractivity contribution is -0.156. The Balaban J connectivity index is 1.82. The minimum Gasteiger partial charge on any atom is -0.508 e. The second-order valence-electron chi connectivity index (χ2n) is 12.3. The molecule has 1 aliphatic heterocycles. The maximum absolute atomic E-state index is 13.1. The summed E-state index contributed by atoms with van der Waals surface area (Å²) in [6, 6.07) is 1.89. The van der Waals surface area contributed by atoms with Gasteiger partial charge in [-0.2, -0.15) is 0 Å². The smallest absolute Gasteiger partial charge is 0.328 e. The molecule has 1 aromatic rings. The molecule has 1 aromatic carbocycles. The second-order valence-corrected chi connectivity index (χ2v) is 12.3. The predicted octanol–water partition coefficient (Wildman–Crippen LogP) is 5.39. The Hall–Kier alpha value is -3.89. The first-order valence-corrected chi connectivity index (χ1v) is 16.2. The Labute approximate surface area is 272 Å². The Morgan fingerprint density at radius 3 is 2.50 bits per heavy atom. The second kappa shape index (κ2) is 18.3. The van der Waals surface area contributed by atoms with Crippen LogP contribution in [0.4, 0.5) is 5.69 Å². The fourth-order valence-corrected chi connectivity index (χ4v) is 5.76. The molecule has 0 aromatic heterocycles. The molecule has 5 atom stereocenters. The average molecular weight is 639 g/mol. The number of hydrogen-bond donors (Lipinski definition) is 5. The van der Waals surface area contributed by atoms with E-state index in [1.54, 1.807) is 44.2 Å². The van der Waals surface area contributed by atoms with Crippen LogP contribution in [0.1, 0.15) is 77.7 Å². The van der Waals surface area contributed by atoms with Gasteiger partial charge in [0.25, 0.3) is 0 Å². The number of hydrogen-bond acceptors (Lipinski definition) is 8. The van der Waals surface area contributed by atoms with Crippen molar-refractivity contribution in [2.24, 2.45) is 11.8 Å². The number of anilines is 1. The van der Waals surface area contributed by atoms with Crippen LogP contribution in [0.3, 0.4) is 0 Å². The number of aryl methyl sites for hydroxylation is 1. The predicted molar refractivity (Wildman–Crippen MR) is 177 cm³/mol. The molecule has 46 heavy (non-hydrogen) atoms. The molecule has 0 spiro atoms. The Morgan fingerprint density at radius 1 is 1.07 bits per heavy atom. The van der Waals surface area contributed by atoms with Crippen molar-refractivity contribution in [3.8, 4) is 11.5 Å². The van der Waals surface area contributed by atoms with Crippen LogP contribution in [0.15, 0.2) is 60.2 Å². The summed E-state index contributed by atoms with van der Waals surface area (Å²) in [7, 11) is 1.49. The fraction of sp³-hybridized carbons (Fsp3) is 0.528. The summed E-state index contributed by atoms with van der Waals surface area (Å²) < 4.78 is 11.3. The number of benzene rings is 1. The largest absolute Gasteiger partial charge is 0.508 e. The highest BCUT2D eigenvalue weighted by atomic mass is 16.5. The summed E-state index contributed by atoms with van der Waals surface area (Å²) in [4.78, 5) is 38.6. The number of carbonyl (C=O) groups excluding carboxylic acids is 3. The van der Waals surface area contributed by atoms with Gasteiger partial charge in [0.1, 0.15) is 23.6 Å². The van der Waals surface area contributed by atoms with Gasteiger partial charge in [-0.05, 0) is 56.7 Å². The lowest BCUT2D eigenvalue weighted by Crippen LogP contribution is -2.45. The maximum Gasteiger partial charge on any atom is 0.328 e. The standard InChI is InChI=1S/C36H50N2O8/c1-23-14-13-17-27-20-28(39)21-30(34(27)42)38-32(40)22-29(45-4)18-11-6-5-7-12-19-31(24(2)33(23)41)46-36(44)25(3)37-35(43)26-15-9-8-10-16-26/h5-7,11-12,14,18,20-21,24-26,29,31,33,39,41-42H,8-10,13,15-17,19,22H2,1-4H3,(H,37,43)(H,38,40)/b6-5+,12-7+,18-11+,23-14-/t24-,25+,29-,31-,33-/m0/s1. The van der Waals surface area contributed by atoms with Crippen molar-refractivity contribution in [3.63, 3.8) is 0 Å². The number of rotatable bonds is 5. The number of carbonyl (C=O) groups is 3. The normalized spacial score (nSPS) is 27.8. The van der Waals surface area contributed by atoms with Crippen LogP contribution in [0.25, 0.3) is 0 Å². The van der Waals surface area contributed by atoms with Crippen molar-refractivity contribution in [2.75, 3.05) is 12.4 Å². The Morgan fingerprint density at radius 2 is 1.78 bits per heavy atom. The molecule has 3 rings (SSSR count). The molecule has 2 aliphatic rings. The molecule has 0 saturated heterocycles. The van der Waals surface area contributed by atoms with Gasteiger partial charge in [0.05, 0.1) is 24.3 Å². The van der Waals surface area contributed by atoms with Crippen LogP contribution in [0, 0.1) is 11.8 Å². The number of esters is 1. The zero-order chi connectivity index (χ0) is 33.6. The lowest BCUT2D eigenvalue weighted by Gasteiger charge is -2.29. The summed E-state index contributed by atoms with van der Waals surface area (Å²) in [5, 5.41) is 37.8. The molecule has 0 unspecified atom stereocenters. The quantitative estimate of drug-likeness (QED) is 0.125. The van der Waals surface area contributed by atoms with Crippen molar-refractivity contribution in [1.29, 1.82) is 0 Å². The average Bonchev–Trinajstić information content (AvgIpc) is 3.04. The van der Waals surface area contributed by atoms with E-state index < -0.39 is 42.1 Å². The van der Waals surface area contributed by atoms with Gasteiger partial charge in [0.2, 0.25) is 11.8 Å². The van der Waals surface area contributed by atoms with Gasteiger partial charge in [0.15, 0.2) is 0 Å². The van der Waals surface area contributed by atoms with E-state index in [0.29, 0.717) is 30.4 Å². The first-order chi connectivity index (χ1) is 22.0. The summed E-state index contributed by atoms with van der Waals surface area (Å²) >= 11 is 0. The number of fused-ring (bicyclic) bond motifs is 2. The van der Waals surface area contributed by atoms with Crippen LogP contribution in [-0.2, 0) is 30.3 Å². The summed E-state index contributed by atoms with van der Waals surface area (Å²) in [5.41, 5.74) is 1.19. The monoisotopic (exact) mass is 638 g/mol. The fourth-order valence-electron chi connectivity index (χ4n) is 5.76. The van der Waals surface area contributed by atoms with Crippen LogP contribution >= 0.6 is 0 Å².